The Labute approximate surface area is 112 Å². The van der Waals surface area contributed by atoms with Gasteiger partial charge in [0.2, 0.25) is 0 Å². The molecule has 3 rings (SSSR count). The predicted octanol–water partition coefficient (Wildman–Crippen LogP) is 2.99. The zero-order valence-corrected chi connectivity index (χ0v) is 11.4. The van der Waals surface area contributed by atoms with E-state index in [0.717, 1.165) is 34.4 Å². The normalized spacial score (nSPS) is 11.1. The first kappa shape index (κ1) is 11.8. The minimum Gasteiger partial charge on any atom is -0.240 e. The van der Waals surface area contributed by atoms with E-state index in [0.29, 0.717) is 0 Å². The van der Waals surface area contributed by atoms with Crippen LogP contribution in [0, 0.1) is 13.8 Å². The number of fused-ring (bicyclic) bond motifs is 1. The lowest BCUT2D eigenvalue weighted by Crippen LogP contribution is -1.95. The number of nitrogens with zero attached hydrogens (tertiary/aromatic N) is 4. The van der Waals surface area contributed by atoms with E-state index in [1.165, 1.54) is 5.56 Å². The van der Waals surface area contributed by atoms with Crippen molar-refractivity contribution in [3.63, 3.8) is 0 Å². The molecule has 0 amide bonds. The van der Waals surface area contributed by atoms with Crippen molar-refractivity contribution >= 4 is 10.9 Å². The average Bonchev–Trinajstić information content (AvgIpc) is 2.86. The summed E-state index contributed by atoms with van der Waals surface area (Å²) in [6, 6.07) is 8.32. The highest BCUT2D eigenvalue weighted by Gasteiger charge is 2.10. The van der Waals surface area contributed by atoms with Crippen LogP contribution in [0.25, 0.3) is 16.6 Å². The molecule has 2 heterocycles. The predicted molar refractivity (Wildman–Crippen MR) is 75.5 cm³/mol. The molecule has 0 atom stereocenters. The highest BCUT2D eigenvalue weighted by molar-refractivity contribution is 5.82. The third-order valence-corrected chi connectivity index (χ3v) is 3.32. The van der Waals surface area contributed by atoms with Gasteiger partial charge in [-0.2, -0.15) is 15.3 Å². The highest BCUT2D eigenvalue weighted by atomic mass is 15.3. The fourth-order valence-corrected chi connectivity index (χ4v) is 2.18. The monoisotopic (exact) mass is 252 g/mol. The molecule has 0 N–H and O–H groups in total. The van der Waals surface area contributed by atoms with Gasteiger partial charge < -0.3 is 0 Å². The molecule has 0 saturated carbocycles. The maximum Gasteiger partial charge on any atom is 0.118 e. The van der Waals surface area contributed by atoms with Crippen LogP contribution in [-0.4, -0.2) is 20.0 Å². The van der Waals surface area contributed by atoms with E-state index >= 15 is 0 Å². The van der Waals surface area contributed by atoms with Crippen molar-refractivity contribution in [2.45, 2.75) is 27.2 Å². The van der Waals surface area contributed by atoms with Crippen LogP contribution >= 0.6 is 0 Å². The lowest BCUT2D eigenvalue weighted by atomic mass is 10.2. The van der Waals surface area contributed by atoms with Gasteiger partial charge in [-0.15, -0.1) is 0 Å². The molecule has 4 nitrogen and oxygen atoms in total. The largest absolute Gasteiger partial charge is 0.240 e. The fraction of sp³-hybridized carbons (Fsp3) is 0.267. The van der Waals surface area contributed by atoms with Gasteiger partial charge >= 0.3 is 0 Å². The first-order valence-corrected chi connectivity index (χ1v) is 6.47. The van der Waals surface area contributed by atoms with Crippen molar-refractivity contribution in [1.29, 1.82) is 0 Å². The number of hydrogen-bond donors (Lipinski definition) is 0. The molecule has 0 radical (unpaired) electrons. The third kappa shape index (κ3) is 1.99. The zero-order chi connectivity index (χ0) is 13.4. The van der Waals surface area contributed by atoms with E-state index in [-0.39, 0.29) is 0 Å². The fourth-order valence-electron chi connectivity index (χ4n) is 2.18. The topological polar surface area (TPSA) is 43.6 Å². The lowest BCUT2D eigenvalue weighted by molar-refractivity contribution is 0.886. The van der Waals surface area contributed by atoms with Crippen LogP contribution in [-0.2, 0) is 6.42 Å². The SMILES string of the molecule is CCc1nnc(C)c2nn(-c3ccc(C)cc3)cc12. The van der Waals surface area contributed by atoms with Crippen LogP contribution in [0.5, 0.6) is 0 Å². The Hall–Kier alpha value is -2.23. The standard InChI is InChI=1S/C15H16N4/c1-4-14-13-9-19(12-7-5-10(2)6-8-12)18-15(13)11(3)16-17-14/h5-9H,4H2,1-3H3. The van der Waals surface area contributed by atoms with Crippen molar-refractivity contribution in [1.82, 2.24) is 20.0 Å². The molecule has 0 spiro atoms. The molecule has 0 unspecified atom stereocenters. The van der Waals surface area contributed by atoms with Crippen molar-refractivity contribution in [3.8, 4) is 5.69 Å². The Morgan fingerprint density at radius 1 is 1.05 bits per heavy atom. The summed E-state index contributed by atoms with van der Waals surface area (Å²) in [4.78, 5) is 0. The number of rotatable bonds is 2. The Kier molecular flexibility index (Phi) is 2.78. The third-order valence-electron chi connectivity index (χ3n) is 3.32. The average molecular weight is 252 g/mol. The second kappa shape index (κ2) is 4.46. The first-order valence-electron chi connectivity index (χ1n) is 6.47. The van der Waals surface area contributed by atoms with E-state index < -0.39 is 0 Å². The second-order valence-corrected chi connectivity index (χ2v) is 4.76. The van der Waals surface area contributed by atoms with E-state index in [4.69, 9.17) is 0 Å². The molecule has 0 bridgehead atoms. The summed E-state index contributed by atoms with van der Waals surface area (Å²) in [7, 11) is 0. The molecule has 1 aromatic carbocycles. The van der Waals surface area contributed by atoms with Crippen LogP contribution in [0.2, 0.25) is 0 Å². The summed E-state index contributed by atoms with van der Waals surface area (Å²) in [6.45, 7) is 6.11. The number of aryl methyl sites for hydroxylation is 3. The highest BCUT2D eigenvalue weighted by Crippen LogP contribution is 2.20. The minimum absolute atomic E-state index is 0.864. The van der Waals surface area contributed by atoms with Gasteiger partial charge in [-0.3, -0.25) is 0 Å². The van der Waals surface area contributed by atoms with Crippen LogP contribution in [0.4, 0.5) is 0 Å². The molecule has 4 heteroatoms. The van der Waals surface area contributed by atoms with Crippen molar-refractivity contribution in [2.75, 3.05) is 0 Å². The number of benzene rings is 1. The second-order valence-electron chi connectivity index (χ2n) is 4.76. The number of hydrogen-bond acceptors (Lipinski definition) is 3. The first-order chi connectivity index (χ1) is 9.19. The summed E-state index contributed by atoms with van der Waals surface area (Å²) < 4.78 is 1.90. The Balaban J connectivity index is 2.21. The van der Waals surface area contributed by atoms with Gasteiger partial charge in [0, 0.05) is 11.6 Å². The van der Waals surface area contributed by atoms with Gasteiger partial charge in [-0.1, -0.05) is 24.6 Å². The van der Waals surface area contributed by atoms with Gasteiger partial charge in [-0.05, 0) is 32.4 Å². The van der Waals surface area contributed by atoms with Crippen molar-refractivity contribution in [3.05, 3.63) is 47.4 Å². The maximum absolute atomic E-state index is 4.63. The quantitative estimate of drug-likeness (QED) is 0.704. The van der Waals surface area contributed by atoms with Crippen molar-refractivity contribution < 1.29 is 0 Å². The molecular weight excluding hydrogens is 236 g/mol. The molecule has 19 heavy (non-hydrogen) atoms. The summed E-state index contributed by atoms with van der Waals surface area (Å²) in [5.41, 5.74) is 5.11. The summed E-state index contributed by atoms with van der Waals surface area (Å²) >= 11 is 0. The Bertz CT molecular complexity index is 726. The van der Waals surface area contributed by atoms with E-state index in [1.807, 2.05) is 17.8 Å². The van der Waals surface area contributed by atoms with Gasteiger partial charge in [0.05, 0.1) is 17.1 Å². The van der Waals surface area contributed by atoms with Crippen LogP contribution in [0.15, 0.2) is 30.5 Å². The zero-order valence-electron chi connectivity index (χ0n) is 11.4. The maximum atomic E-state index is 4.63. The molecule has 0 aliphatic heterocycles. The molecule has 2 aromatic heterocycles. The smallest absolute Gasteiger partial charge is 0.118 e. The van der Waals surface area contributed by atoms with E-state index in [2.05, 4.69) is 53.4 Å². The summed E-state index contributed by atoms with van der Waals surface area (Å²) in [5, 5.41) is 14.1. The Morgan fingerprint density at radius 2 is 1.79 bits per heavy atom. The van der Waals surface area contributed by atoms with E-state index in [1.54, 1.807) is 0 Å². The molecule has 0 aliphatic rings. The molecule has 0 fully saturated rings. The van der Waals surface area contributed by atoms with Crippen molar-refractivity contribution in [2.24, 2.45) is 0 Å². The molecule has 3 aromatic rings. The van der Waals surface area contributed by atoms with E-state index in [9.17, 15) is 0 Å². The van der Waals surface area contributed by atoms with Crippen LogP contribution in [0.3, 0.4) is 0 Å². The van der Waals surface area contributed by atoms with Crippen LogP contribution < -0.4 is 0 Å². The van der Waals surface area contributed by atoms with Gasteiger partial charge in [0.1, 0.15) is 5.52 Å². The minimum atomic E-state index is 0.864. The molecule has 0 aliphatic carbocycles. The molecule has 0 saturated heterocycles. The van der Waals surface area contributed by atoms with Gasteiger partial charge in [-0.25, -0.2) is 4.68 Å². The summed E-state index contributed by atoms with van der Waals surface area (Å²) in [5.74, 6) is 0. The van der Waals surface area contributed by atoms with Crippen LogP contribution in [0.1, 0.15) is 23.9 Å². The molecular formula is C15H16N4. The van der Waals surface area contributed by atoms with Gasteiger partial charge in [0.25, 0.3) is 0 Å². The Morgan fingerprint density at radius 3 is 2.47 bits per heavy atom. The number of aromatic nitrogens is 4. The lowest BCUT2D eigenvalue weighted by Gasteiger charge is -2.00. The van der Waals surface area contributed by atoms with Gasteiger partial charge in [0.15, 0.2) is 0 Å². The summed E-state index contributed by atoms with van der Waals surface area (Å²) in [6.07, 6.45) is 2.91. The molecule has 96 valence electrons.